The highest BCUT2D eigenvalue weighted by atomic mass is 16.5. The van der Waals surface area contributed by atoms with Gasteiger partial charge < -0.3 is 10.1 Å². The van der Waals surface area contributed by atoms with Crippen LogP contribution < -0.4 is 10.1 Å². The van der Waals surface area contributed by atoms with E-state index in [0.717, 1.165) is 11.3 Å². The Balaban J connectivity index is 2.04. The summed E-state index contributed by atoms with van der Waals surface area (Å²) in [6.45, 7) is 10.1. The highest BCUT2D eigenvalue weighted by molar-refractivity contribution is 5.94. The third-order valence-corrected chi connectivity index (χ3v) is 3.87. The molecule has 0 saturated carbocycles. The van der Waals surface area contributed by atoms with Gasteiger partial charge >= 0.3 is 0 Å². The van der Waals surface area contributed by atoms with Crippen LogP contribution >= 0.6 is 0 Å². The molecule has 23 heavy (non-hydrogen) atoms. The zero-order valence-corrected chi connectivity index (χ0v) is 14.5. The Bertz CT molecular complexity index is 675. The zero-order chi connectivity index (χ0) is 17.0. The third kappa shape index (κ3) is 4.59. The molecule has 0 unspecified atom stereocenters. The summed E-state index contributed by atoms with van der Waals surface area (Å²) in [5.41, 5.74) is 4.24. The van der Waals surface area contributed by atoms with E-state index >= 15 is 0 Å². The predicted molar refractivity (Wildman–Crippen MR) is 94.0 cm³/mol. The molecule has 0 saturated heterocycles. The lowest BCUT2D eigenvalue weighted by Gasteiger charge is -2.16. The molecule has 0 bridgehead atoms. The third-order valence-electron chi connectivity index (χ3n) is 3.87. The molecule has 0 radical (unpaired) electrons. The number of carbonyl (C=O) groups is 1. The highest BCUT2D eigenvalue weighted by Crippen LogP contribution is 2.18. The molecule has 0 aliphatic rings. The number of aryl methyl sites for hydroxylation is 2. The summed E-state index contributed by atoms with van der Waals surface area (Å²) in [5, 5.41) is 3.04. The number of ether oxygens (including phenoxy) is 1. The van der Waals surface area contributed by atoms with Gasteiger partial charge in [-0.15, -0.1) is 0 Å². The minimum absolute atomic E-state index is 0.0339. The Labute approximate surface area is 138 Å². The lowest BCUT2D eigenvalue weighted by molar-refractivity contribution is 0.0940. The van der Waals surface area contributed by atoms with Crippen LogP contribution in [0.3, 0.4) is 0 Å². The number of benzene rings is 2. The van der Waals surface area contributed by atoms with Gasteiger partial charge in [0.25, 0.3) is 5.91 Å². The molecule has 0 aromatic heterocycles. The maximum Gasteiger partial charge on any atom is 0.251 e. The summed E-state index contributed by atoms with van der Waals surface area (Å²) in [4.78, 5) is 12.4. The molecule has 122 valence electrons. The van der Waals surface area contributed by atoms with Crippen molar-refractivity contribution < 1.29 is 9.53 Å². The largest absolute Gasteiger partial charge is 0.491 e. The first-order valence-corrected chi connectivity index (χ1v) is 8.01. The second-order valence-corrected chi connectivity index (χ2v) is 6.23. The number of hydrogen-bond donors (Lipinski definition) is 1. The molecule has 3 nitrogen and oxygen atoms in total. The molecule has 0 spiro atoms. The topological polar surface area (TPSA) is 38.3 Å². The Kier molecular flexibility index (Phi) is 5.43. The fourth-order valence-electron chi connectivity index (χ4n) is 2.35. The first-order chi connectivity index (χ1) is 10.9. The van der Waals surface area contributed by atoms with E-state index in [1.54, 1.807) is 12.1 Å². The minimum Gasteiger partial charge on any atom is -0.491 e. The summed E-state index contributed by atoms with van der Waals surface area (Å²) >= 11 is 0. The van der Waals surface area contributed by atoms with Gasteiger partial charge in [0.1, 0.15) is 5.75 Å². The first-order valence-electron chi connectivity index (χ1n) is 8.01. The first kappa shape index (κ1) is 17.1. The van der Waals surface area contributed by atoms with Gasteiger partial charge in [-0.3, -0.25) is 4.79 Å². The van der Waals surface area contributed by atoms with Crippen molar-refractivity contribution >= 4 is 5.91 Å². The van der Waals surface area contributed by atoms with Gasteiger partial charge in [-0.25, -0.2) is 0 Å². The van der Waals surface area contributed by atoms with Crippen LogP contribution in [0.2, 0.25) is 0 Å². The Morgan fingerprint density at radius 2 is 1.61 bits per heavy atom. The average molecular weight is 311 g/mol. The number of carbonyl (C=O) groups excluding carboxylic acids is 1. The van der Waals surface area contributed by atoms with Crippen molar-refractivity contribution in [1.82, 2.24) is 5.32 Å². The summed E-state index contributed by atoms with van der Waals surface area (Å²) in [6.07, 6.45) is 0.125. The number of amides is 1. The highest BCUT2D eigenvalue weighted by Gasteiger charge is 2.12. The van der Waals surface area contributed by atoms with E-state index in [9.17, 15) is 4.79 Å². The lowest BCUT2D eigenvalue weighted by Crippen LogP contribution is -2.26. The molecule has 1 N–H and O–H groups in total. The smallest absolute Gasteiger partial charge is 0.251 e. The normalized spacial score (nSPS) is 12.1. The van der Waals surface area contributed by atoms with E-state index in [1.807, 2.05) is 32.9 Å². The van der Waals surface area contributed by atoms with Crippen molar-refractivity contribution in [2.45, 2.75) is 46.8 Å². The molecular formula is C20H25NO2. The van der Waals surface area contributed by atoms with Crippen LogP contribution in [-0.2, 0) is 0 Å². The number of rotatable bonds is 5. The van der Waals surface area contributed by atoms with Gasteiger partial charge in [-0.2, -0.15) is 0 Å². The van der Waals surface area contributed by atoms with Gasteiger partial charge in [0.05, 0.1) is 12.1 Å². The van der Waals surface area contributed by atoms with Gasteiger partial charge in [0, 0.05) is 5.56 Å². The molecule has 0 aliphatic heterocycles. The van der Waals surface area contributed by atoms with Crippen LogP contribution in [0.4, 0.5) is 0 Å². The van der Waals surface area contributed by atoms with Crippen LogP contribution in [0.1, 0.15) is 53.9 Å². The second kappa shape index (κ2) is 7.32. The van der Waals surface area contributed by atoms with Crippen LogP contribution in [0.15, 0.2) is 42.5 Å². The molecule has 0 heterocycles. The van der Waals surface area contributed by atoms with Gasteiger partial charge in [0.15, 0.2) is 0 Å². The van der Waals surface area contributed by atoms with Crippen molar-refractivity contribution in [3.8, 4) is 5.75 Å². The van der Waals surface area contributed by atoms with Crippen LogP contribution in [-0.4, -0.2) is 12.0 Å². The molecule has 0 aliphatic carbocycles. The molecular weight excluding hydrogens is 286 g/mol. The molecule has 2 rings (SSSR count). The molecule has 2 aromatic rings. The number of nitrogens with one attached hydrogen (secondary N) is 1. The van der Waals surface area contributed by atoms with Crippen molar-refractivity contribution in [3.05, 3.63) is 64.7 Å². The average Bonchev–Trinajstić information content (AvgIpc) is 2.50. The Hall–Kier alpha value is -2.29. The van der Waals surface area contributed by atoms with Crippen LogP contribution in [0.25, 0.3) is 0 Å². The van der Waals surface area contributed by atoms with Crippen molar-refractivity contribution in [2.75, 3.05) is 0 Å². The predicted octanol–water partition coefficient (Wildman–Crippen LogP) is 4.58. The van der Waals surface area contributed by atoms with Gasteiger partial charge in [-0.1, -0.05) is 18.2 Å². The van der Waals surface area contributed by atoms with Crippen LogP contribution in [0.5, 0.6) is 5.75 Å². The molecule has 3 heteroatoms. The Morgan fingerprint density at radius 3 is 2.17 bits per heavy atom. The molecule has 0 fully saturated rings. The standard InChI is InChI=1S/C20H25NO2/c1-13(2)23-19-10-8-17(9-11-19)20(22)21-16(5)18-7-6-14(3)15(4)12-18/h6-13,16H,1-5H3,(H,21,22)/t16-/m1/s1. The molecule has 1 amide bonds. The zero-order valence-electron chi connectivity index (χ0n) is 14.5. The van der Waals surface area contributed by atoms with Crippen molar-refractivity contribution in [1.29, 1.82) is 0 Å². The SMILES string of the molecule is Cc1ccc([C@@H](C)NC(=O)c2ccc(OC(C)C)cc2)cc1C. The minimum atomic E-state index is -0.0770. The quantitative estimate of drug-likeness (QED) is 0.877. The monoisotopic (exact) mass is 311 g/mol. The molecule has 2 aromatic carbocycles. The van der Waals surface area contributed by atoms with Gasteiger partial charge in [-0.05, 0) is 75.6 Å². The van der Waals surface area contributed by atoms with E-state index < -0.39 is 0 Å². The maximum absolute atomic E-state index is 12.4. The van der Waals surface area contributed by atoms with E-state index in [1.165, 1.54) is 11.1 Å². The summed E-state index contributed by atoms with van der Waals surface area (Å²) < 4.78 is 5.59. The summed E-state index contributed by atoms with van der Waals surface area (Å²) in [6, 6.07) is 13.5. The summed E-state index contributed by atoms with van der Waals surface area (Å²) in [7, 11) is 0. The second-order valence-electron chi connectivity index (χ2n) is 6.23. The van der Waals surface area contributed by atoms with E-state index in [-0.39, 0.29) is 18.1 Å². The lowest BCUT2D eigenvalue weighted by atomic mass is 10.0. The van der Waals surface area contributed by atoms with Gasteiger partial charge in [0.2, 0.25) is 0 Å². The Morgan fingerprint density at radius 1 is 0.957 bits per heavy atom. The fourth-order valence-corrected chi connectivity index (χ4v) is 2.35. The van der Waals surface area contributed by atoms with E-state index in [4.69, 9.17) is 4.74 Å². The van der Waals surface area contributed by atoms with Crippen LogP contribution in [0, 0.1) is 13.8 Å². The van der Waals surface area contributed by atoms with Crippen molar-refractivity contribution in [2.24, 2.45) is 0 Å². The molecule has 1 atom stereocenters. The van der Waals surface area contributed by atoms with Crippen molar-refractivity contribution in [3.63, 3.8) is 0 Å². The fraction of sp³-hybridized carbons (Fsp3) is 0.350. The number of hydrogen-bond acceptors (Lipinski definition) is 2. The van der Waals surface area contributed by atoms with E-state index in [0.29, 0.717) is 5.56 Å². The van der Waals surface area contributed by atoms with E-state index in [2.05, 4.69) is 37.4 Å². The summed E-state index contributed by atoms with van der Waals surface area (Å²) in [5.74, 6) is 0.700. The maximum atomic E-state index is 12.4.